The number of halogens is 3. The molecule has 1 amide bonds. The SMILES string of the molecule is CC1C(CSc2ccccc2C(=O)O)OC(c2cccc(-c3cccc(CNC(=O)C(Cl)(Cl)Cl)c3)c2)OC1c1ccc(CO)cc1. The monoisotopic (exact) mass is 699 g/mol. The summed E-state index contributed by atoms with van der Waals surface area (Å²) < 4.78 is 11.2. The molecule has 4 aromatic carbocycles. The van der Waals surface area contributed by atoms with Crippen molar-refractivity contribution in [3.63, 3.8) is 0 Å². The summed E-state index contributed by atoms with van der Waals surface area (Å²) in [6.07, 6.45) is -1.30. The molecule has 0 aliphatic carbocycles. The smallest absolute Gasteiger partial charge is 0.336 e. The molecule has 4 aromatic rings. The van der Waals surface area contributed by atoms with Gasteiger partial charge in [-0.05, 0) is 52.1 Å². The number of benzene rings is 4. The van der Waals surface area contributed by atoms with Crippen molar-refractivity contribution in [1.29, 1.82) is 0 Å². The fourth-order valence-corrected chi connectivity index (χ4v) is 6.67. The number of hydrogen-bond acceptors (Lipinski definition) is 6. The van der Waals surface area contributed by atoms with Crippen molar-refractivity contribution in [2.24, 2.45) is 5.92 Å². The first kappa shape index (κ1) is 34.3. The molecule has 11 heteroatoms. The lowest BCUT2D eigenvalue weighted by Crippen LogP contribution is -2.38. The molecule has 46 heavy (non-hydrogen) atoms. The number of alkyl halides is 3. The number of carbonyl (C=O) groups excluding carboxylic acids is 1. The molecule has 0 spiro atoms. The van der Waals surface area contributed by atoms with E-state index in [1.165, 1.54) is 11.8 Å². The largest absolute Gasteiger partial charge is 0.478 e. The number of carbonyl (C=O) groups is 2. The van der Waals surface area contributed by atoms with Crippen molar-refractivity contribution in [1.82, 2.24) is 5.32 Å². The second-order valence-corrected chi connectivity index (χ2v) is 14.3. The zero-order chi connectivity index (χ0) is 32.8. The van der Waals surface area contributed by atoms with E-state index < -0.39 is 22.0 Å². The lowest BCUT2D eigenvalue weighted by molar-refractivity contribution is -0.268. The van der Waals surface area contributed by atoms with Gasteiger partial charge >= 0.3 is 5.97 Å². The van der Waals surface area contributed by atoms with E-state index in [4.69, 9.17) is 44.3 Å². The third-order valence-corrected chi connectivity index (χ3v) is 9.45. The number of rotatable bonds is 10. The quantitative estimate of drug-likeness (QED) is 0.113. The summed E-state index contributed by atoms with van der Waals surface area (Å²) in [7, 11) is 0. The van der Waals surface area contributed by atoms with E-state index in [9.17, 15) is 19.8 Å². The maximum absolute atomic E-state index is 12.0. The van der Waals surface area contributed by atoms with Crippen molar-refractivity contribution >= 4 is 58.4 Å². The van der Waals surface area contributed by atoms with Crippen LogP contribution in [0.1, 0.15) is 51.9 Å². The van der Waals surface area contributed by atoms with Crippen LogP contribution < -0.4 is 5.32 Å². The first-order valence-corrected chi connectivity index (χ1v) is 16.7. The van der Waals surface area contributed by atoms with E-state index in [1.807, 2.05) is 78.9 Å². The van der Waals surface area contributed by atoms with Crippen LogP contribution in [0.5, 0.6) is 0 Å². The van der Waals surface area contributed by atoms with Gasteiger partial charge < -0.3 is 25.0 Å². The molecule has 1 aliphatic heterocycles. The number of carboxylic acid groups (broad SMARTS) is 1. The van der Waals surface area contributed by atoms with E-state index in [0.717, 1.165) is 33.4 Å². The molecule has 0 aromatic heterocycles. The molecular formula is C35H32Cl3NO6S. The first-order chi connectivity index (χ1) is 22.0. The van der Waals surface area contributed by atoms with Gasteiger partial charge in [-0.3, -0.25) is 4.79 Å². The molecule has 4 atom stereocenters. The van der Waals surface area contributed by atoms with E-state index in [0.29, 0.717) is 10.6 Å². The number of aliphatic hydroxyl groups excluding tert-OH is 1. The Morgan fingerprint density at radius 2 is 1.54 bits per heavy atom. The summed E-state index contributed by atoms with van der Waals surface area (Å²) >= 11 is 18.5. The molecule has 4 unspecified atom stereocenters. The number of hydrogen-bond donors (Lipinski definition) is 3. The van der Waals surface area contributed by atoms with E-state index in [2.05, 4.69) is 12.2 Å². The van der Waals surface area contributed by atoms with Crippen LogP contribution in [-0.2, 0) is 27.4 Å². The summed E-state index contributed by atoms with van der Waals surface area (Å²) in [5.74, 6) is -1.23. The van der Waals surface area contributed by atoms with E-state index in [-0.39, 0.29) is 36.8 Å². The normalized spacial score (nSPS) is 19.8. The van der Waals surface area contributed by atoms with E-state index in [1.54, 1.807) is 18.2 Å². The van der Waals surface area contributed by atoms with Gasteiger partial charge in [0.1, 0.15) is 0 Å². The van der Waals surface area contributed by atoms with Gasteiger partial charge in [-0.25, -0.2) is 4.79 Å². The minimum Gasteiger partial charge on any atom is -0.478 e. The maximum atomic E-state index is 12.0. The summed E-state index contributed by atoms with van der Waals surface area (Å²) in [6, 6.07) is 30.2. The van der Waals surface area contributed by atoms with E-state index >= 15 is 0 Å². The molecule has 240 valence electrons. The molecule has 3 N–H and O–H groups in total. The van der Waals surface area contributed by atoms with Crippen molar-refractivity contribution in [2.45, 2.75) is 47.3 Å². The average molecular weight is 701 g/mol. The number of nitrogens with one attached hydrogen (secondary N) is 1. The van der Waals surface area contributed by atoms with Crippen molar-refractivity contribution in [3.05, 3.63) is 125 Å². The summed E-state index contributed by atoms with van der Waals surface area (Å²) in [4.78, 5) is 24.5. The number of carboxylic acids is 1. The molecule has 7 nitrogen and oxygen atoms in total. The predicted molar refractivity (Wildman–Crippen MR) is 181 cm³/mol. The highest BCUT2D eigenvalue weighted by molar-refractivity contribution is 7.99. The second kappa shape index (κ2) is 15.2. The standard InChI is InChI=1S/C35H32Cl3NO6S/c1-21-29(20-46-30-11-3-2-10-28(30)32(41)42)44-33(45-31(21)24-14-12-22(19-40)13-15-24)27-9-5-8-26(17-27)25-7-4-6-23(16-25)18-39-34(43)35(36,37)38/h2-17,21,29,31,33,40H,18-20H2,1H3,(H,39,43)(H,41,42). The number of amides is 1. The third kappa shape index (κ3) is 8.44. The Morgan fingerprint density at radius 1 is 0.848 bits per heavy atom. The molecule has 1 saturated heterocycles. The first-order valence-electron chi connectivity index (χ1n) is 14.5. The molecular weight excluding hydrogens is 669 g/mol. The fraction of sp³-hybridized carbons (Fsp3) is 0.257. The van der Waals surface area contributed by atoms with Gasteiger partial charge in [0.25, 0.3) is 9.70 Å². The Balaban J connectivity index is 1.41. The van der Waals surface area contributed by atoms with Crippen LogP contribution in [0.3, 0.4) is 0 Å². The van der Waals surface area contributed by atoms with Crippen LogP contribution in [0, 0.1) is 5.92 Å². The molecule has 1 fully saturated rings. The number of aliphatic hydroxyl groups is 1. The Kier molecular flexibility index (Phi) is 11.3. The summed E-state index contributed by atoms with van der Waals surface area (Å²) in [6.45, 7) is 2.20. The topological polar surface area (TPSA) is 105 Å². The minimum absolute atomic E-state index is 0.0530. The maximum Gasteiger partial charge on any atom is 0.336 e. The molecule has 0 radical (unpaired) electrons. The molecule has 1 aliphatic rings. The Labute approximate surface area is 286 Å². The molecule has 0 bridgehead atoms. The van der Waals surface area contributed by atoms with Crippen LogP contribution in [0.15, 0.2) is 102 Å². The van der Waals surface area contributed by atoms with Gasteiger partial charge in [0.15, 0.2) is 6.29 Å². The fourth-order valence-electron chi connectivity index (χ4n) is 5.26. The van der Waals surface area contributed by atoms with Crippen LogP contribution in [0.2, 0.25) is 0 Å². The Bertz CT molecular complexity index is 1680. The third-order valence-electron chi connectivity index (χ3n) is 7.77. The highest BCUT2D eigenvalue weighted by Crippen LogP contribution is 2.43. The number of ether oxygens (including phenoxy) is 2. The van der Waals surface area contributed by atoms with Gasteiger partial charge in [0, 0.05) is 28.7 Å². The van der Waals surface area contributed by atoms with Crippen molar-refractivity contribution in [3.8, 4) is 11.1 Å². The lowest BCUT2D eigenvalue weighted by atomic mass is 9.91. The Morgan fingerprint density at radius 3 is 2.24 bits per heavy atom. The van der Waals surface area contributed by atoms with Crippen molar-refractivity contribution < 1.29 is 29.3 Å². The number of aromatic carboxylic acids is 1. The Hall–Kier alpha value is -3.08. The summed E-state index contributed by atoms with van der Waals surface area (Å²) in [5.41, 5.74) is 5.50. The van der Waals surface area contributed by atoms with Gasteiger partial charge in [-0.1, -0.05) is 115 Å². The van der Waals surface area contributed by atoms with Gasteiger partial charge in [0.05, 0.1) is 24.4 Å². The summed E-state index contributed by atoms with van der Waals surface area (Å²) in [5, 5.41) is 21.9. The van der Waals surface area contributed by atoms with Gasteiger partial charge in [-0.15, -0.1) is 11.8 Å². The van der Waals surface area contributed by atoms with Gasteiger partial charge in [-0.2, -0.15) is 0 Å². The van der Waals surface area contributed by atoms with Crippen LogP contribution >= 0.6 is 46.6 Å². The lowest BCUT2D eigenvalue weighted by Gasteiger charge is -2.41. The van der Waals surface area contributed by atoms with Crippen LogP contribution in [0.25, 0.3) is 11.1 Å². The minimum atomic E-state index is -2.04. The second-order valence-electron chi connectivity index (χ2n) is 10.9. The zero-order valence-corrected chi connectivity index (χ0v) is 27.8. The zero-order valence-electron chi connectivity index (χ0n) is 24.7. The highest BCUT2D eigenvalue weighted by Gasteiger charge is 2.38. The molecule has 5 rings (SSSR count). The average Bonchev–Trinajstić information content (AvgIpc) is 3.06. The molecule has 1 heterocycles. The number of thioether (sulfide) groups is 1. The van der Waals surface area contributed by atoms with Gasteiger partial charge in [0.2, 0.25) is 0 Å². The van der Waals surface area contributed by atoms with Crippen LogP contribution in [0.4, 0.5) is 0 Å². The predicted octanol–water partition coefficient (Wildman–Crippen LogP) is 8.11. The molecule has 0 saturated carbocycles. The van der Waals surface area contributed by atoms with Crippen LogP contribution in [-0.4, -0.2) is 37.7 Å². The highest BCUT2D eigenvalue weighted by atomic mass is 35.6. The van der Waals surface area contributed by atoms with Crippen molar-refractivity contribution in [2.75, 3.05) is 5.75 Å².